The van der Waals surface area contributed by atoms with Gasteiger partial charge in [-0.2, -0.15) is 13.2 Å². The van der Waals surface area contributed by atoms with Crippen LogP contribution in [0.15, 0.2) is 59.0 Å². The summed E-state index contributed by atoms with van der Waals surface area (Å²) >= 11 is 0. The predicted molar refractivity (Wildman–Crippen MR) is 135 cm³/mol. The van der Waals surface area contributed by atoms with Crippen molar-refractivity contribution in [3.8, 4) is 11.3 Å². The summed E-state index contributed by atoms with van der Waals surface area (Å²) in [4.78, 5) is 27.5. The predicted octanol–water partition coefficient (Wildman–Crippen LogP) is 5.67. The van der Waals surface area contributed by atoms with E-state index in [9.17, 15) is 22.8 Å². The summed E-state index contributed by atoms with van der Waals surface area (Å²) < 4.78 is 45.9. The number of likely N-dealkylation sites (tertiary alicyclic amines) is 1. The number of nitrogens with one attached hydrogen (secondary N) is 2. The van der Waals surface area contributed by atoms with Crippen molar-refractivity contribution in [1.29, 1.82) is 0 Å². The molecule has 3 heterocycles. The molecular formula is C28H26F3N3O3. The van der Waals surface area contributed by atoms with Crippen molar-refractivity contribution in [1.82, 2.24) is 10.2 Å². The minimum atomic E-state index is -4.59. The maximum Gasteiger partial charge on any atom is 0.418 e. The number of para-hydroxylation sites is 1. The monoisotopic (exact) mass is 509 g/mol. The molecule has 3 aromatic rings. The lowest BCUT2D eigenvalue weighted by Crippen LogP contribution is -2.44. The standard InChI is InChI=1S/C28H26F3N3O3/c1-34-13-3-2-8-19(34)16-32-26(35)18-7-4-6-17(14-18)24-12-11-20(37-24)15-22-21-9-5-10-23(28(29,30)31)25(21)33-27(22)36/h4-7,9-12,14-15,19H,2-3,8,13,16H2,1H3,(H,32,35)(H,33,36)/b22-15+. The van der Waals surface area contributed by atoms with Gasteiger partial charge in [0.2, 0.25) is 0 Å². The van der Waals surface area contributed by atoms with Crippen LogP contribution < -0.4 is 10.6 Å². The Bertz CT molecular complexity index is 1380. The van der Waals surface area contributed by atoms with E-state index >= 15 is 0 Å². The molecule has 2 N–H and O–H groups in total. The first-order valence-electron chi connectivity index (χ1n) is 12.1. The van der Waals surface area contributed by atoms with Gasteiger partial charge in [-0.1, -0.05) is 30.7 Å². The summed E-state index contributed by atoms with van der Waals surface area (Å²) in [7, 11) is 2.07. The van der Waals surface area contributed by atoms with Gasteiger partial charge in [-0.3, -0.25) is 9.59 Å². The Hall–Kier alpha value is -3.85. The number of furan rings is 1. The fraction of sp³-hybridized carbons (Fsp3) is 0.286. The molecule has 5 rings (SSSR count). The number of nitrogens with zero attached hydrogens (tertiary/aromatic N) is 1. The van der Waals surface area contributed by atoms with E-state index in [4.69, 9.17) is 4.42 Å². The second kappa shape index (κ2) is 9.89. The molecule has 6 nitrogen and oxygen atoms in total. The maximum absolute atomic E-state index is 13.3. The van der Waals surface area contributed by atoms with Crippen LogP contribution in [0, 0.1) is 0 Å². The Morgan fingerprint density at radius 3 is 2.76 bits per heavy atom. The highest BCUT2D eigenvalue weighted by Gasteiger charge is 2.38. The second-order valence-electron chi connectivity index (χ2n) is 9.36. The van der Waals surface area contributed by atoms with E-state index in [1.54, 1.807) is 36.4 Å². The number of anilines is 1. The largest absolute Gasteiger partial charge is 0.457 e. The molecule has 0 bridgehead atoms. The van der Waals surface area contributed by atoms with Crippen molar-refractivity contribution in [2.24, 2.45) is 0 Å². The molecular weight excluding hydrogens is 483 g/mol. The zero-order valence-corrected chi connectivity index (χ0v) is 20.2. The average molecular weight is 510 g/mol. The summed E-state index contributed by atoms with van der Waals surface area (Å²) in [5.74, 6) is -0.0295. The fourth-order valence-corrected chi connectivity index (χ4v) is 4.85. The van der Waals surface area contributed by atoms with E-state index in [0.29, 0.717) is 35.2 Å². The van der Waals surface area contributed by atoms with E-state index in [0.717, 1.165) is 25.5 Å². The Morgan fingerprint density at radius 1 is 1.16 bits per heavy atom. The van der Waals surface area contributed by atoms with Gasteiger partial charge in [-0.25, -0.2) is 0 Å². The first-order chi connectivity index (χ1) is 17.7. The molecule has 192 valence electrons. The quantitative estimate of drug-likeness (QED) is 0.435. The van der Waals surface area contributed by atoms with Crippen molar-refractivity contribution in [2.45, 2.75) is 31.5 Å². The van der Waals surface area contributed by atoms with Crippen molar-refractivity contribution in [2.75, 3.05) is 25.5 Å². The average Bonchev–Trinajstić information content (AvgIpc) is 3.47. The lowest BCUT2D eigenvalue weighted by molar-refractivity contribution is -0.136. The zero-order chi connectivity index (χ0) is 26.2. The highest BCUT2D eigenvalue weighted by Crippen LogP contribution is 2.43. The number of alkyl halides is 3. The summed E-state index contributed by atoms with van der Waals surface area (Å²) in [5.41, 5.74) is 0.268. The van der Waals surface area contributed by atoms with Gasteiger partial charge < -0.3 is 20.0 Å². The van der Waals surface area contributed by atoms with Crippen molar-refractivity contribution in [3.63, 3.8) is 0 Å². The van der Waals surface area contributed by atoms with Crippen LogP contribution in [0.4, 0.5) is 18.9 Å². The Morgan fingerprint density at radius 2 is 1.97 bits per heavy atom. The van der Waals surface area contributed by atoms with Gasteiger partial charge in [0.1, 0.15) is 11.5 Å². The number of carbonyl (C=O) groups excluding carboxylic acids is 2. The molecule has 37 heavy (non-hydrogen) atoms. The summed E-state index contributed by atoms with van der Waals surface area (Å²) in [6.07, 6.45) is 0.226. The molecule has 1 saturated heterocycles. The molecule has 0 saturated carbocycles. The number of hydrogen-bond donors (Lipinski definition) is 2. The van der Waals surface area contributed by atoms with Crippen LogP contribution in [-0.4, -0.2) is 42.9 Å². The summed E-state index contributed by atoms with van der Waals surface area (Å²) in [6.45, 7) is 1.61. The molecule has 1 atom stereocenters. The van der Waals surface area contributed by atoms with Crippen LogP contribution in [0.25, 0.3) is 23.0 Å². The number of amides is 2. The minimum absolute atomic E-state index is 0.0859. The number of hydrogen-bond acceptors (Lipinski definition) is 4. The SMILES string of the molecule is CN1CCCCC1CNC(=O)c1cccc(-c2ccc(/C=C3/C(=O)Nc4c3cccc4C(F)(F)F)o2)c1. The van der Waals surface area contributed by atoms with Gasteiger partial charge in [0.05, 0.1) is 16.8 Å². The van der Waals surface area contributed by atoms with Crippen LogP contribution in [0.3, 0.4) is 0 Å². The van der Waals surface area contributed by atoms with Crippen molar-refractivity contribution in [3.05, 3.63) is 77.0 Å². The van der Waals surface area contributed by atoms with Crippen LogP contribution in [0.1, 0.15) is 46.5 Å². The number of carbonyl (C=O) groups is 2. The number of fused-ring (bicyclic) bond motifs is 1. The smallest absolute Gasteiger partial charge is 0.418 e. The van der Waals surface area contributed by atoms with E-state index in [-0.39, 0.29) is 22.7 Å². The molecule has 1 unspecified atom stereocenters. The highest BCUT2D eigenvalue weighted by molar-refractivity contribution is 6.35. The van der Waals surface area contributed by atoms with Gasteiger partial charge in [-0.15, -0.1) is 0 Å². The molecule has 0 spiro atoms. The minimum Gasteiger partial charge on any atom is -0.457 e. The van der Waals surface area contributed by atoms with Gasteiger partial charge >= 0.3 is 6.18 Å². The molecule has 9 heteroatoms. The number of benzene rings is 2. The van der Waals surface area contributed by atoms with E-state index in [1.807, 2.05) is 0 Å². The lowest BCUT2D eigenvalue weighted by Gasteiger charge is -2.32. The van der Waals surface area contributed by atoms with Gasteiger partial charge in [0.25, 0.3) is 11.8 Å². The van der Waals surface area contributed by atoms with Crippen molar-refractivity contribution < 1.29 is 27.2 Å². The maximum atomic E-state index is 13.3. The number of rotatable bonds is 5. The molecule has 2 amide bonds. The normalized spacial score (nSPS) is 19.1. The third-order valence-electron chi connectivity index (χ3n) is 6.89. The third kappa shape index (κ3) is 5.17. The fourth-order valence-electron chi connectivity index (χ4n) is 4.85. The van der Waals surface area contributed by atoms with Crippen LogP contribution in [0.2, 0.25) is 0 Å². The molecule has 2 aromatic carbocycles. The highest BCUT2D eigenvalue weighted by atomic mass is 19.4. The Balaban J connectivity index is 1.34. The number of halogens is 3. The zero-order valence-electron chi connectivity index (χ0n) is 20.2. The van der Waals surface area contributed by atoms with E-state index in [1.165, 1.54) is 24.6 Å². The molecule has 1 aromatic heterocycles. The number of likely N-dealkylation sites (N-methyl/N-ethyl adjacent to an activating group) is 1. The lowest BCUT2D eigenvalue weighted by atomic mass is 10.0. The van der Waals surface area contributed by atoms with Crippen LogP contribution in [-0.2, 0) is 11.0 Å². The van der Waals surface area contributed by atoms with Gasteiger partial charge in [0.15, 0.2) is 0 Å². The van der Waals surface area contributed by atoms with Crippen molar-refractivity contribution >= 4 is 29.2 Å². The van der Waals surface area contributed by atoms with E-state index < -0.39 is 17.6 Å². The summed E-state index contributed by atoms with van der Waals surface area (Å²) in [6, 6.07) is 14.3. The van der Waals surface area contributed by atoms with Gasteiger partial charge in [0, 0.05) is 29.3 Å². The first-order valence-corrected chi connectivity index (χ1v) is 12.1. The first kappa shape index (κ1) is 24.8. The van der Waals surface area contributed by atoms with E-state index in [2.05, 4.69) is 22.6 Å². The summed E-state index contributed by atoms with van der Waals surface area (Å²) in [5, 5.41) is 5.34. The Kier molecular flexibility index (Phi) is 6.64. The van der Waals surface area contributed by atoms with Crippen LogP contribution in [0.5, 0.6) is 0 Å². The van der Waals surface area contributed by atoms with Crippen LogP contribution >= 0.6 is 0 Å². The third-order valence-corrected chi connectivity index (χ3v) is 6.89. The Labute approximate surface area is 212 Å². The molecule has 2 aliphatic heterocycles. The topological polar surface area (TPSA) is 74.6 Å². The molecule has 1 fully saturated rings. The van der Waals surface area contributed by atoms with Gasteiger partial charge in [-0.05, 0) is 62.8 Å². The second-order valence-corrected chi connectivity index (χ2v) is 9.36. The molecule has 0 aliphatic carbocycles. The number of piperidine rings is 1. The molecule has 2 aliphatic rings. The molecule has 0 radical (unpaired) electrons.